The maximum Gasteiger partial charge on any atom is 0.123 e. The Kier molecular flexibility index (Phi) is 1.28. The second-order valence-electron chi connectivity index (χ2n) is 2.91. The van der Waals surface area contributed by atoms with Crippen LogP contribution in [0.5, 0.6) is 5.75 Å². The molecule has 1 aromatic rings. The van der Waals surface area contributed by atoms with Crippen LogP contribution >= 0.6 is 0 Å². The minimum atomic E-state index is 0.804. The second-order valence-corrected chi connectivity index (χ2v) is 2.91. The summed E-state index contributed by atoms with van der Waals surface area (Å²) in [6.45, 7) is 2.80. The van der Waals surface area contributed by atoms with Crippen molar-refractivity contribution in [3.05, 3.63) is 23.3 Å². The number of nitrogens with two attached hydrogens (primary N) is 1. The Morgan fingerprint density at radius 1 is 1.45 bits per heavy atom. The zero-order valence-corrected chi connectivity index (χ0v) is 6.55. The van der Waals surface area contributed by atoms with Crippen molar-refractivity contribution < 1.29 is 4.74 Å². The van der Waals surface area contributed by atoms with Crippen LogP contribution in [0.1, 0.15) is 11.1 Å². The lowest BCUT2D eigenvalue weighted by atomic mass is 10.1. The molecule has 2 nitrogen and oxygen atoms in total. The molecule has 0 radical (unpaired) electrons. The van der Waals surface area contributed by atoms with Crippen molar-refractivity contribution in [2.75, 3.05) is 12.3 Å². The van der Waals surface area contributed by atoms with Gasteiger partial charge in [0.15, 0.2) is 0 Å². The molecule has 0 aromatic heterocycles. The lowest BCUT2D eigenvalue weighted by Gasteiger charge is -2.02. The summed E-state index contributed by atoms with van der Waals surface area (Å²) in [4.78, 5) is 0. The zero-order chi connectivity index (χ0) is 7.84. The Balaban J connectivity index is 2.57. The molecule has 1 aliphatic rings. The standard InChI is InChI=1S/C9H11NO/c1-6-4-9-7(2-3-11-9)5-8(6)10/h4-5H,2-3,10H2,1H3. The van der Waals surface area contributed by atoms with Crippen molar-refractivity contribution in [2.24, 2.45) is 0 Å². The highest BCUT2D eigenvalue weighted by atomic mass is 16.5. The Labute approximate surface area is 66.0 Å². The van der Waals surface area contributed by atoms with Crippen LogP contribution in [0.15, 0.2) is 12.1 Å². The predicted octanol–water partition coefficient (Wildman–Crippen LogP) is 1.51. The summed E-state index contributed by atoms with van der Waals surface area (Å²) < 4.78 is 5.38. The number of aryl methyl sites for hydroxylation is 1. The van der Waals surface area contributed by atoms with Gasteiger partial charge in [0.2, 0.25) is 0 Å². The highest BCUT2D eigenvalue weighted by Crippen LogP contribution is 2.29. The molecule has 1 aromatic carbocycles. The van der Waals surface area contributed by atoms with Crippen LogP contribution in [-0.2, 0) is 6.42 Å². The topological polar surface area (TPSA) is 35.2 Å². The van der Waals surface area contributed by atoms with Gasteiger partial charge in [-0.2, -0.15) is 0 Å². The van der Waals surface area contributed by atoms with Crippen LogP contribution < -0.4 is 10.5 Å². The molecule has 1 heterocycles. The summed E-state index contributed by atoms with van der Waals surface area (Å²) in [5.41, 5.74) is 8.95. The van der Waals surface area contributed by atoms with E-state index in [4.69, 9.17) is 10.5 Å². The molecule has 2 rings (SSSR count). The first-order valence-corrected chi connectivity index (χ1v) is 3.79. The average molecular weight is 149 g/mol. The van der Waals surface area contributed by atoms with Crippen LogP contribution in [0.25, 0.3) is 0 Å². The van der Waals surface area contributed by atoms with Gasteiger partial charge in [-0.3, -0.25) is 0 Å². The number of fused-ring (bicyclic) bond motifs is 1. The van der Waals surface area contributed by atoms with E-state index in [9.17, 15) is 0 Å². The van der Waals surface area contributed by atoms with Gasteiger partial charge in [-0.25, -0.2) is 0 Å². The molecule has 0 fully saturated rings. The Morgan fingerprint density at radius 3 is 3.09 bits per heavy atom. The molecule has 0 aliphatic carbocycles. The molecule has 0 spiro atoms. The number of hydrogen-bond donors (Lipinski definition) is 1. The molecule has 58 valence electrons. The maximum absolute atomic E-state index is 5.74. The van der Waals surface area contributed by atoms with E-state index in [1.54, 1.807) is 0 Å². The average Bonchev–Trinajstić information content (AvgIpc) is 2.36. The van der Waals surface area contributed by atoms with E-state index in [0.717, 1.165) is 30.0 Å². The fraction of sp³-hybridized carbons (Fsp3) is 0.333. The van der Waals surface area contributed by atoms with Gasteiger partial charge in [-0.15, -0.1) is 0 Å². The Hall–Kier alpha value is -1.18. The van der Waals surface area contributed by atoms with Gasteiger partial charge in [0.1, 0.15) is 5.75 Å². The summed E-state index contributed by atoms with van der Waals surface area (Å²) in [5.74, 6) is 1.01. The predicted molar refractivity (Wildman–Crippen MR) is 44.8 cm³/mol. The number of nitrogen functional groups attached to an aromatic ring is 1. The van der Waals surface area contributed by atoms with Crippen molar-refractivity contribution in [2.45, 2.75) is 13.3 Å². The van der Waals surface area contributed by atoms with Crippen LogP contribution in [0, 0.1) is 6.92 Å². The van der Waals surface area contributed by atoms with Gasteiger partial charge >= 0.3 is 0 Å². The fourth-order valence-electron chi connectivity index (χ4n) is 1.35. The van der Waals surface area contributed by atoms with Gasteiger partial charge in [-0.1, -0.05) is 0 Å². The van der Waals surface area contributed by atoms with E-state index in [0.29, 0.717) is 0 Å². The largest absolute Gasteiger partial charge is 0.493 e. The van der Waals surface area contributed by atoms with Gasteiger partial charge in [0.05, 0.1) is 6.61 Å². The quantitative estimate of drug-likeness (QED) is 0.567. The van der Waals surface area contributed by atoms with Crippen molar-refractivity contribution >= 4 is 5.69 Å². The van der Waals surface area contributed by atoms with Crippen molar-refractivity contribution in [3.8, 4) is 5.75 Å². The summed E-state index contributed by atoms with van der Waals surface area (Å²) in [5, 5.41) is 0. The number of ether oxygens (including phenoxy) is 1. The van der Waals surface area contributed by atoms with E-state index in [1.165, 1.54) is 5.56 Å². The summed E-state index contributed by atoms with van der Waals surface area (Å²) in [6, 6.07) is 4.02. The molecule has 1 aliphatic heterocycles. The monoisotopic (exact) mass is 149 g/mol. The fourth-order valence-corrected chi connectivity index (χ4v) is 1.35. The van der Waals surface area contributed by atoms with Gasteiger partial charge in [-0.05, 0) is 30.2 Å². The minimum absolute atomic E-state index is 0.804. The zero-order valence-electron chi connectivity index (χ0n) is 6.55. The normalized spacial score (nSPS) is 14.3. The highest BCUT2D eigenvalue weighted by molar-refractivity contribution is 5.55. The third-order valence-corrected chi connectivity index (χ3v) is 2.08. The molecule has 2 heteroatoms. The number of hydrogen-bond acceptors (Lipinski definition) is 2. The maximum atomic E-state index is 5.74. The Morgan fingerprint density at radius 2 is 2.27 bits per heavy atom. The lowest BCUT2D eigenvalue weighted by molar-refractivity contribution is 0.356. The van der Waals surface area contributed by atoms with Crippen LogP contribution in [-0.4, -0.2) is 6.61 Å². The van der Waals surface area contributed by atoms with Gasteiger partial charge in [0, 0.05) is 12.1 Å². The summed E-state index contributed by atoms with van der Waals surface area (Å²) in [7, 11) is 0. The van der Waals surface area contributed by atoms with Gasteiger partial charge in [0.25, 0.3) is 0 Å². The van der Waals surface area contributed by atoms with Crippen molar-refractivity contribution in [3.63, 3.8) is 0 Å². The Bertz CT molecular complexity index is 265. The molecule has 0 saturated carbocycles. The van der Waals surface area contributed by atoms with E-state index in [2.05, 4.69) is 0 Å². The molecule has 0 atom stereocenters. The SMILES string of the molecule is Cc1cc2c(cc1N)CCO2. The first kappa shape index (κ1) is 6.53. The first-order valence-electron chi connectivity index (χ1n) is 3.79. The second kappa shape index (κ2) is 2.16. The van der Waals surface area contributed by atoms with E-state index in [-0.39, 0.29) is 0 Å². The van der Waals surface area contributed by atoms with E-state index < -0.39 is 0 Å². The van der Waals surface area contributed by atoms with E-state index in [1.807, 2.05) is 19.1 Å². The van der Waals surface area contributed by atoms with Crippen molar-refractivity contribution in [1.29, 1.82) is 0 Å². The summed E-state index contributed by atoms with van der Waals surface area (Å²) in [6.07, 6.45) is 1.000. The molecule has 11 heavy (non-hydrogen) atoms. The number of rotatable bonds is 0. The molecular weight excluding hydrogens is 138 g/mol. The van der Waals surface area contributed by atoms with Crippen molar-refractivity contribution in [1.82, 2.24) is 0 Å². The lowest BCUT2D eigenvalue weighted by Crippen LogP contribution is -1.90. The molecule has 0 unspecified atom stereocenters. The number of anilines is 1. The highest BCUT2D eigenvalue weighted by Gasteiger charge is 2.12. The molecule has 0 amide bonds. The van der Waals surface area contributed by atoms with Crippen LogP contribution in [0.2, 0.25) is 0 Å². The minimum Gasteiger partial charge on any atom is -0.493 e. The first-order chi connectivity index (χ1) is 5.27. The smallest absolute Gasteiger partial charge is 0.123 e. The molecule has 2 N–H and O–H groups in total. The van der Waals surface area contributed by atoms with Gasteiger partial charge < -0.3 is 10.5 Å². The number of benzene rings is 1. The third kappa shape index (κ3) is 0.946. The molecule has 0 saturated heterocycles. The molecular formula is C9H11NO. The van der Waals surface area contributed by atoms with Crippen LogP contribution in [0.4, 0.5) is 5.69 Å². The molecule has 0 bridgehead atoms. The van der Waals surface area contributed by atoms with Crippen LogP contribution in [0.3, 0.4) is 0 Å². The summed E-state index contributed by atoms with van der Waals surface area (Å²) >= 11 is 0. The van der Waals surface area contributed by atoms with E-state index >= 15 is 0 Å². The third-order valence-electron chi connectivity index (χ3n) is 2.08.